The Hall–Kier alpha value is -1.01. The number of aryl methyl sites for hydroxylation is 2. The second-order valence-electron chi connectivity index (χ2n) is 8.86. The molecular weight excluding hydrogens is 510 g/mol. The van der Waals surface area contributed by atoms with Crippen molar-refractivity contribution in [2.24, 2.45) is 5.92 Å². The molecule has 0 bridgehead atoms. The van der Waals surface area contributed by atoms with Crippen LogP contribution in [-0.4, -0.2) is 0 Å². The molecule has 0 saturated carbocycles. The van der Waals surface area contributed by atoms with Crippen molar-refractivity contribution in [2.45, 2.75) is 59.8 Å². The van der Waals surface area contributed by atoms with E-state index >= 15 is 0 Å². The second kappa shape index (κ2) is 12.5. The quantitative estimate of drug-likeness (QED) is 0.413. The van der Waals surface area contributed by atoms with Gasteiger partial charge in [-0.25, -0.2) is 11.6 Å². The van der Waals surface area contributed by atoms with Gasteiger partial charge in [0.15, 0.2) is 0 Å². The van der Waals surface area contributed by atoms with Gasteiger partial charge in [0.2, 0.25) is 0 Å². The zero-order valence-electron chi connectivity index (χ0n) is 19.7. The van der Waals surface area contributed by atoms with E-state index in [0.717, 1.165) is 0 Å². The van der Waals surface area contributed by atoms with Crippen LogP contribution in [0.3, 0.4) is 0 Å². The van der Waals surface area contributed by atoms with Crippen molar-refractivity contribution in [2.75, 3.05) is 0 Å². The monoisotopic (exact) mass is 540 g/mol. The molecule has 2 aliphatic carbocycles. The molecule has 0 spiro atoms. The zero-order valence-corrected chi connectivity index (χ0v) is 23.7. The predicted molar refractivity (Wildman–Crippen MR) is 125 cm³/mol. The Morgan fingerprint density at radius 2 is 1.59 bits per heavy atom. The number of hydrogen-bond acceptors (Lipinski definition) is 0. The second-order valence-corrected chi connectivity index (χ2v) is 8.86. The molecule has 2 atom stereocenters. The van der Waals surface area contributed by atoms with Crippen LogP contribution in [0, 0.1) is 18.9 Å². The SMILES string of the molecule is CC1=[C-]C(C)C(C)=C1C.Cc1cc2c([cH-]1)CCCC2c1ccc2ccccc2c1.[Cl-].[Cl-].[Zr+4]. The summed E-state index contributed by atoms with van der Waals surface area (Å²) < 4.78 is 0. The third-order valence-electron chi connectivity index (χ3n) is 6.88. The zero-order chi connectivity index (χ0) is 20.5. The molecule has 166 valence electrons. The van der Waals surface area contributed by atoms with Crippen LogP contribution < -0.4 is 24.8 Å². The fourth-order valence-electron chi connectivity index (χ4n) is 4.86. The third-order valence-corrected chi connectivity index (χ3v) is 6.88. The Balaban J connectivity index is 0.000000369. The summed E-state index contributed by atoms with van der Waals surface area (Å²) in [6.07, 6.45) is 7.22. The summed E-state index contributed by atoms with van der Waals surface area (Å²) in [6, 6.07) is 20.4. The minimum atomic E-state index is 0. The minimum Gasteiger partial charge on any atom is -1.00 e. The Labute approximate surface area is 225 Å². The number of rotatable bonds is 1. The van der Waals surface area contributed by atoms with Gasteiger partial charge >= 0.3 is 26.2 Å². The van der Waals surface area contributed by atoms with E-state index < -0.39 is 0 Å². The van der Waals surface area contributed by atoms with Crippen LogP contribution in [-0.2, 0) is 32.6 Å². The molecule has 0 N–H and O–H groups in total. The molecule has 3 heteroatoms. The maximum absolute atomic E-state index is 3.36. The van der Waals surface area contributed by atoms with E-state index in [1.165, 1.54) is 57.9 Å². The molecule has 0 aliphatic heterocycles. The normalized spacial score (nSPS) is 19.0. The summed E-state index contributed by atoms with van der Waals surface area (Å²) in [6.45, 7) is 10.9. The summed E-state index contributed by atoms with van der Waals surface area (Å²) >= 11 is 0. The van der Waals surface area contributed by atoms with Gasteiger partial charge in [-0.1, -0.05) is 101 Å². The summed E-state index contributed by atoms with van der Waals surface area (Å²) in [7, 11) is 0. The van der Waals surface area contributed by atoms with Crippen molar-refractivity contribution < 1.29 is 51.0 Å². The van der Waals surface area contributed by atoms with Crippen molar-refractivity contribution >= 4 is 10.8 Å². The molecule has 0 aromatic heterocycles. The van der Waals surface area contributed by atoms with Gasteiger partial charge in [0.1, 0.15) is 0 Å². The van der Waals surface area contributed by atoms with E-state index in [9.17, 15) is 0 Å². The largest absolute Gasteiger partial charge is 4.00 e. The molecule has 0 radical (unpaired) electrons. The number of fused-ring (bicyclic) bond motifs is 2. The van der Waals surface area contributed by atoms with Crippen LogP contribution in [0.25, 0.3) is 10.8 Å². The fourth-order valence-corrected chi connectivity index (χ4v) is 4.86. The summed E-state index contributed by atoms with van der Waals surface area (Å²) in [4.78, 5) is 0. The molecule has 2 unspecified atom stereocenters. The molecule has 32 heavy (non-hydrogen) atoms. The summed E-state index contributed by atoms with van der Waals surface area (Å²) in [5.74, 6) is 1.15. The molecule has 0 heterocycles. The van der Waals surface area contributed by atoms with Gasteiger partial charge in [-0.05, 0) is 16.7 Å². The molecule has 3 aromatic rings. The van der Waals surface area contributed by atoms with E-state index in [2.05, 4.69) is 95.3 Å². The number of allylic oxidation sites excluding steroid dienone is 4. The van der Waals surface area contributed by atoms with Gasteiger partial charge in [0, 0.05) is 0 Å². The fraction of sp³-hybridized carbons (Fsp3) is 0.345. The Morgan fingerprint density at radius 3 is 2.19 bits per heavy atom. The van der Waals surface area contributed by atoms with Crippen LogP contribution in [0.2, 0.25) is 0 Å². The Morgan fingerprint density at radius 1 is 0.906 bits per heavy atom. The minimum absolute atomic E-state index is 0. The van der Waals surface area contributed by atoms with Crippen LogP contribution in [0.1, 0.15) is 68.7 Å². The van der Waals surface area contributed by atoms with E-state index in [1.54, 1.807) is 11.1 Å². The maximum Gasteiger partial charge on any atom is 4.00 e. The van der Waals surface area contributed by atoms with E-state index in [-0.39, 0.29) is 51.0 Å². The van der Waals surface area contributed by atoms with Crippen LogP contribution in [0.4, 0.5) is 0 Å². The molecule has 2 aliphatic rings. The molecule has 5 rings (SSSR count). The van der Waals surface area contributed by atoms with Crippen LogP contribution in [0.5, 0.6) is 0 Å². The Kier molecular flexibility index (Phi) is 11.3. The predicted octanol–water partition coefficient (Wildman–Crippen LogP) is 2.06. The maximum atomic E-state index is 3.36. The van der Waals surface area contributed by atoms with Crippen molar-refractivity contribution in [1.82, 2.24) is 0 Å². The topological polar surface area (TPSA) is 0 Å². The smallest absolute Gasteiger partial charge is 1.00 e. The number of benzene rings is 2. The average molecular weight is 543 g/mol. The molecule has 3 aromatic carbocycles. The van der Waals surface area contributed by atoms with Gasteiger partial charge in [-0.15, -0.1) is 6.92 Å². The molecule has 0 fully saturated rings. The first-order valence-electron chi connectivity index (χ1n) is 11.0. The Bertz CT molecular complexity index is 1100. The van der Waals surface area contributed by atoms with Crippen molar-refractivity contribution in [3.05, 3.63) is 99.6 Å². The molecule has 0 nitrogen and oxygen atoms in total. The van der Waals surface area contributed by atoms with E-state index in [0.29, 0.717) is 11.8 Å². The van der Waals surface area contributed by atoms with Crippen molar-refractivity contribution in [3.8, 4) is 0 Å². The first-order chi connectivity index (χ1) is 13.9. The van der Waals surface area contributed by atoms with Crippen molar-refractivity contribution in [1.29, 1.82) is 0 Å². The first kappa shape index (κ1) is 29.0. The number of hydrogen-bond donors (Lipinski definition) is 0. The van der Waals surface area contributed by atoms with Gasteiger partial charge in [0.05, 0.1) is 0 Å². The summed E-state index contributed by atoms with van der Waals surface area (Å²) in [5.41, 5.74) is 10.3. The van der Waals surface area contributed by atoms with E-state index in [4.69, 9.17) is 0 Å². The molecule has 0 saturated heterocycles. The van der Waals surface area contributed by atoms with Crippen LogP contribution >= 0.6 is 0 Å². The van der Waals surface area contributed by atoms with Crippen molar-refractivity contribution in [3.63, 3.8) is 0 Å². The molecular formula is C29H32Cl2Zr. The van der Waals surface area contributed by atoms with Gasteiger partial charge in [0.25, 0.3) is 0 Å². The van der Waals surface area contributed by atoms with Gasteiger partial charge in [-0.3, -0.25) is 6.08 Å². The van der Waals surface area contributed by atoms with Crippen LogP contribution in [0.15, 0.2) is 71.3 Å². The third kappa shape index (κ3) is 6.11. The standard InChI is InChI=1S/C20H19.C9H13.2ClH.Zr/c1-14-11-17-7-4-8-19(20(17)12-14)18-10-9-15-5-2-3-6-16(15)13-18;1-6-5-7(2)9(4)8(6)3;;;/h2-3,5-6,9-13,19H,4,7-8H2,1H3;6H,1-4H3;2*1H;/q2*-1;;;+4/p-2. The molecule has 0 amide bonds. The van der Waals surface area contributed by atoms with E-state index in [1.807, 2.05) is 0 Å². The first-order valence-corrected chi connectivity index (χ1v) is 11.0. The van der Waals surface area contributed by atoms with Gasteiger partial charge in [-0.2, -0.15) is 33.9 Å². The number of halogens is 2. The average Bonchev–Trinajstić information content (AvgIpc) is 3.21. The van der Waals surface area contributed by atoms with Gasteiger partial charge < -0.3 is 24.8 Å². The summed E-state index contributed by atoms with van der Waals surface area (Å²) in [5, 5.41) is 2.70.